The molecule has 166 valence electrons. The first-order chi connectivity index (χ1) is 14.7. The van der Waals surface area contributed by atoms with Gasteiger partial charge in [0.05, 0.1) is 31.1 Å². The highest BCUT2D eigenvalue weighted by molar-refractivity contribution is 7.89. The predicted molar refractivity (Wildman–Crippen MR) is 116 cm³/mol. The summed E-state index contributed by atoms with van der Waals surface area (Å²) in [6.45, 7) is 4.53. The molecule has 0 saturated carbocycles. The number of fused-ring (bicyclic) bond motifs is 1. The van der Waals surface area contributed by atoms with Crippen molar-refractivity contribution in [2.45, 2.75) is 43.6 Å². The molecule has 0 bridgehead atoms. The van der Waals surface area contributed by atoms with Gasteiger partial charge in [-0.2, -0.15) is 4.31 Å². The van der Waals surface area contributed by atoms with E-state index in [0.717, 1.165) is 11.1 Å². The van der Waals surface area contributed by atoms with Crippen LogP contribution in [0.5, 0.6) is 17.2 Å². The van der Waals surface area contributed by atoms with E-state index < -0.39 is 15.6 Å². The van der Waals surface area contributed by atoms with Crippen molar-refractivity contribution in [1.29, 1.82) is 0 Å². The molecule has 31 heavy (non-hydrogen) atoms. The normalized spacial score (nSPS) is 18.4. The van der Waals surface area contributed by atoms with E-state index in [-0.39, 0.29) is 30.2 Å². The van der Waals surface area contributed by atoms with Gasteiger partial charge in [-0.3, -0.25) is 4.79 Å². The fourth-order valence-corrected chi connectivity index (χ4v) is 5.75. The van der Waals surface area contributed by atoms with E-state index >= 15 is 0 Å². The number of hydrogen-bond acceptors (Lipinski definition) is 6. The van der Waals surface area contributed by atoms with Gasteiger partial charge in [-0.1, -0.05) is 0 Å². The van der Waals surface area contributed by atoms with Crippen LogP contribution in [0.15, 0.2) is 35.2 Å². The Balaban J connectivity index is 1.54. The standard InChI is InChI=1S/C23H27NO6S/c1-15-11-18-19(25)14-23(30-21(18)12-16(15)2)7-9-24(10-8-23)31(26,27)17-5-6-20(28-3)22(13-17)29-4/h5-6,11-13H,7-10,14H2,1-4H3. The summed E-state index contributed by atoms with van der Waals surface area (Å²) < 4.78 is 44.6. The Morgan fingerprint density at radius 2 is 1.61 bits per heavy atom. The van der Waals surface area contributed by atoms with Crippen molar-refractivity contribution in [2.75, 3.05) is 27.3 Å². The van der Waals surface area contributed by atoms with Crippen molar-refractivity contribution in [3.05, 3.63) is 47.0 Å². The molecule has 0 radical (unpaired) electrons. The number of benzene rings is 2. The van der Waals surface area contributed by atoms with E-state index in [9.17, 15) is 13.2 Å². The van der Waals surface area contributed by atoms with Gasteiger partial charge in [0, 0.05) is 32.0 Å². The van der Waals surface area contributed by atoms with Crippen molar-refractivity contribution in [3.63, 3.8) is 0 Å². The Hall–Kier alpha value is -2.58. The number of nitrogens with zero attached hydrogens (tertiary/aromatic N) is 1. The molecule has 0 amide bonds. The third kappa shape index (κ3) is 3.78. The zero-order chi connectivity index (χ0) is 22.4. The van der Waals surface area contributed by atoms with Crippen molar-refractivity contribution >= 4 is 15.8 Å². The molecule has 1 fully saturated rings. The van der Waals surface area contributed by atoms with Gasteiger partial charge in [0.15, 0.2) is 17.3 Å². The Labute approximate surface area is 183 Å². The number of rotatable bonds is 4. The van der Waals surface area contributed by atoms with Crippen LogP contribution in [0.1, 0.15) is 40.7 Å². The fraction of sp³-hybridized carbons (Fsp3) is 0.435. The highest BCUT2D eigenvalue weighted by Gasteiger charge is 2.45. The maximum atomic E-state index is 13.2. The minimum absolute atomic E-state index is 0.0561. The van der Waals surface area contributed by atoms with Gasteiger partial charge in [0.2, 0.25) is 10.0 Å². The number of piperidine rings is 1. The number of Topliss-reactive ketones (excluding diaryl/α,β-unsaturated/α-hetero) is 1. The zero-order valence-corrected chi connectivity index (χ0v) is 19.0. The SMILES string of the molecule is COc1ccc(S(=O)(=O)N2CCC3(CC2)CC(=O)c2cc(C)c(C)cc2O3)cc1OC. The molecule has 1 spiro atoms. The van der Waals surface area contributed by atoms with Crippen LogP contribution in [-0.2, 0) is 10.0 Å². The first-order valence-corrected chi connectivity index (χ1v) is 11.7. The Morgan fingerprint density at radius 1 is 0.968 bits per heavy atom. The maximum absolute atomic E-state index is 13.2. The predicted octanol–water partition coefficient (Wildman–Crippen LogP) is 3.51. The third-order valence-electron chi connectivity index (χ3n) is 6.33. The topological polar surface area (TPSA) is 82.1 Å². The lowest BCUT2D eigenvalue weighted by Gasteiger charge is -2.43. The molecule has 2 heterocycles. The molecule has 2 aliphatic heterocycles. The number of ether oxygens (including phenoxy) is 3. The van der Waals surface area contributed by atoms with E-state index in [1.165, 1.54) is 30.7 Å². The van der Waals surface area contributed by atoms with Crippen LogP contribution in [0, 0.1) is 13.8 Å². The second-order valence-corrected chi connectivity index (χ2v) is 10.2. The molecular formula is C23H27NO6S. The monoisotopic (exact) mass is 445 g/mol. The molecule has 4 rings (SSSR count). The van der Waals surface area contributed by atoms with Crippen LogP contribution >= 0.6 is 0 Å². The zero-order valence-electron chi connectivity index (χ0n) is 18.2. The lowest BCUT2D eigenvalue weighted by Crippen LogP contribution is -2.52. The third-order valence-corrected chi connectivity index (χ3v) is 8.23. The number of carbonyl (C=O) groups excluding carboxylic acids is 1. The van der Waals surface area contributed by atoms with Crippen LogP contribution in [0.4, 0.5) is 0 Å². The van der Waals surface area contributed by atoms with Crippen LogP contribution in [0.3, 0.4) is 0 Å². The largest absolute Gasteiger partial charge is 0.493 e. The minimum atomic E-state index is -3.70. The summed E-state index contributed by atoms with van der Waals surface area (Å²) in [5, 5.41) is 0. The van der Waals surface area contributed by atoms with Gasteiger partial charge in [-0.25, -0.2) is 8.42 Å². The summed E-state index contributed by atoms with van der Waals surface area (Å²) in [4.78, 5) is 13.0. The molecular weight excluding hydrogens is 418 g/mol. The average molecular weight is 446 g/mol. The summed E-state index contributed by atoms with van der Waals surface area (Å²) in [5.74, 6) is 1.49. The summed E-state index contributed by atoms with van der Waals surface area (Å²) in [7, 11) is -0.732. The van der Waals surface area contributed by atoms with E-state index in [1.54, 1.807) is 6.07 Å². The molecule has 2 aromatic rings. The van der Waals surface area contributed by atoms with E-state index in [2.05, 4.69) is 0 Å². The van der Waals surface area contributed by atoms with Crippen molar-refractivity contribution in [1.82, 2.24) is 4.31 Å². The van der Waals surface area contributed by atoms with E-state index in [4.69, 9.17) is 14.2 Å². The molecule has 0 atom stereocenters. The van der Waals surface area contributed by atoms with Crippen molar-refractivity contribution in [2.24, 2.45) is 0 Å². The second kappa shape index (κ2) is 7.84. The molecule has 0 N–H and O–H groups in total. The van der Waals surface area contributed by atoms with Gasteiger partial charge in [0.25, 0.3) is 0 Å². The van der Waals surface area contributed by atoms with Crippen LogP contribution in [0.25, 0.3) is 0 Å². The van der Waals surface area contributed by atoms with Crippen molar-refractivity contribution in [3.8, 4) is 17.2 Å². The van der Waals surface area contributed by atoms with Gasteiger partial charge in [-0.05, 0) is 49.2 Å². The van der Waals surface area contributed by atoms with Crippen LogP contribution in [0.2, 0.25) is 0 Å². The van der Waals surface area contributed by atoms with Crippen molar-refractivity contribution < 1.29 is 27.4 Å². The van der Waals surface area contributed by atoms with Gasteiger partial charge < -0.3 is 14.2 Å². The Morgan fingerprint density at radius 3 is 2.26 bits per heavy atom. The first kappa shape index (κ1) is 21.6. The highest BCUT2D eigenvalue weighted by Crippen LogP contribution is 2.41. The lowest BCUT2D eigenvalue weighted by atomic mass is 9.82. The quantitative estimate of drug-likeness (QED) is 0.716. The van der Waals surface area contributed by atoms with Gasteiger partial charge in [0.1, 0.15) is 11.4 Å². The van der Waals surface area contributed by atoms with Gasteiger partial charge >= 0.3 is 0 Å². The molecule has 2 aliphatic rings. The number of carbonyl (C=O) groups is 1. The van der Waals surface area contributed by atoms with Gasteiger partial charge in [-0.15, -0.1) is 0 Å². The lowest BCUT2D eigenvalue weighted by molar-refractivity contribution is 0.00585. The number of methoxy groups -OCH3 is 2. The first-order valence-electron chi connectivity index (χ1n) is 10.2. The number of ketones is 1. The number of sulfonamides is 1. The molecule has 7 nitrogen and oxygen atoms in total. The van der Waals surface area contributed by atoms with E-state index in [1.807, 2.05) is 26.0 Å². The Kier molecular flexibility index (Phi) is 5.47. The van der Waals surface area contributed by atoms with Crippen LogP contribution in [-0.4, -0.2) is 51.4 Å². The number of hydrogen-bond donors (Lipinski definition) is 0. The summed E-state index contributed by atoms with van der Waals surface area (Å²) in [5.41, 5.74) is 2.09. The van der Waals surface area contributed by atoms with Crippen LogP contribution < -0.4 is 14.2 Å². The summed E-state index contributed by atoms with van der Waals surface area (Å²) >= 11 is 0. The smallest absolute Gasteiger partial charge is 0.243 e. The molecule has 2 aromatic carbocycles. The molecule has 1 saturated heterocycles. The summed E-state index contributed by atoms with van der Waals surface area (Å²) in [6.07, 6.45) is 1.18. The maximum Gasteiger partial charge on any atom is 0.243 e. The molecule has 0 unspecified atom stereocenters. The average Bonchev–Trinajstić information content (AvgIpc) is 2.75. The minimum Gasteiger partial charge on any atom is -0.493 e. The fourth-order valence-electron chi connectivity index (χ4n) is 4.29. The second-order valence-electron chi connectivity index (χ2n) is 8.24. The summed E-state index contributed by atoms with van der Waals surface area (Å²) in [6, 6.07) is 8.37. The molecule has 8 heteroatoms. The molecule has 0 aliphatic carbocycles. The van der Waals surface area contributed by atoms with E-state index in [0.29, 0.717) is 35.7 Å². The number of aryl methyl sites for hydroxylation is 2. The molecule has 0 aromatic heterocycles. The highest BCUT2D eigenvalue weighted by atomic mass is 32.2. The Bertz CT molecular complexity index is 1130.